The lowest BCUT2D eigenvalue weighted by molar-refractivity contribution is 0.902. The van der Waals surface area contributed by atoms with E-state index in [4.69, 9.17) is 29.6 Å². The van der Waals surface area contributed by atoms with Crippen LogP contribution in [0.3, 0.4) is 0 Å². The Morgan fingerprint density at radius 1 is 1.44 bits per heavy atom. The van der Waals surface area contributed by atoms with Crippen LogP contribution in [0.2, 0.25) is 4.34 Å². The fourth-order valence-corrected chi connectivity index (χ4v) is 2.64. The van der Waals surface area contributed by atoms with Gasteiger partial charge in [0.25, 0.3) is 0 Å². The van der Waals surface area contributed by atoms with Gasteiger partial charge in [-0.2, -0.15) is 0 Å². The van der Waals surface area contributed by atoms with Crippen LogP contribution < -0.4 is 10.6 Å². The molecule has 4 nitrogen and oxygen atoms in total. The van der Waals surface area contributed by atoms with Gasteiger partial charge in [-0.15, -0.1) is 11.3 Å². The van der Waals surface area contributed by atoms with Crippen LogP contribution in [-0.4, -0.2) is 22.0 Å². The van der Waals surface area contributed by atoms with E-state index in [1.807, 2.05) is 24.1 Å². The minimum atomic E-state index is 0.252. The molecule has 2 aromatic heterocycles. The molecule has 0 bridgehead atoms. The van der Waals surface area contributed by atoms with Crippen molar-refractivity contribution in [1.82, 2.24) is 9.97 Å². The lowest BCUT2D eigenvalue weighted by Gasteiger charge is -2.16. The molecule has 94 valence electrons. The zero-order chi connectivity index (χ0) is 13.1. The number of thiophene rings is 1. The normalized spacial score (nSPS) is 10.3. The Hall–Kier alpha value is -1.24. The van der Waals surface area contributed by atoms with E-state index in [9.17, 15) is 0 Å². The number of halogens is 1. The number of thiocarbonyl (C=S) groups is 1. The SMILES string of the molecule is CN(Cc1ccc(Cl)s1)c1cnc(C(N)=S)cn1. The molecule has 0 saturated carbocycles. The Bertz CT molecular complexity index is 552. The average molecular weight is 299 g/mol. The molecule has 0 atom stereocenters. The third-order valence-corrected chi connectivity index (χ3v) is 3.73. The molecule has 2 rings (SSSR count). The third-order valence-electron chi connectivity index (χ3n) is 2.30. The molecule has 7 heteroatoms. The van der Waals surface area contributed by atoms with E-state index >= 15 is 0 Å². The fraction of sp³-hybridized carbons (Fsp3) is 0.182. The molecule has 0 saturated heterocycles. The fourth-order valence-electron chi connectivity index (χ4n) is 1.40. The molecule has 2 heterocycles. The minimum Gasteiger partial charge on any atom is -0.388 e. The number of aromatic nitrogens is 2. The number of nitrogens with two attached hydrogens (primary N) is 1. The minimum absolute atomic E-state index is 0.252. The highest BCUT2D eigenvalue weighted by Crippen LogP contribution is 2.23. The molecule has 0 aliphatic carbocycles. The standard InChI is InChI=1S/C11H11ClN4S2/c1-16(6-7-2-3-9(12)18-7)10-5-14-8(4-15-10)11(13)17/h2-5H,6H2,1H3,(H2,13,17). The first-order chi connectivity index (χ1) is 8.56. The van der Waals surface area contributed by atoms with Crippen molar-refractivity contribution in [3.63, 3.8) is 0 Å². The topological polar surface area (TPSA) is 55.0 Å². The van der Waals surface area contributed by atoms with Gasteiger partial charge in [0, 0.05) is 11.9 Å². The van der Waals surface area contributed by atoms with Crippen molar-refractivity contribution in [2.75, 3.05) is 11.9 Å². The molecule has 2 N–H and O–H groups in total. The first kappa shape index (κ1) is 13.2. The van der Waals surface area contributed by atoms with Gasteiger partial charge in [0.05, 0.1) is 23.3 Å². The Kier molecular flexibility index (Phi) is 4.11. The van der Waals surface area contributed by atoms with Crippen molar-refractivity contribution in [3.05, 3.63) is 39.4 Å². The van der Waals surface area contributed by atoms with Gasteiger partial charge >= 0.3 is 0 Å². The summed E-state index contributed by atoms with van der Waals surface area (Å²) in [6, 6.07) is 3.89. The molecule has 0 fully saturated rings. The van der Waals surface area contributed by atoms with E-state index in [0.717, 1.165) is 16.7 Å². The summed E-state index contributed by atoms with van der Waals surface area (Å²) >= 11 is 12.3. The van der Waals surface area contributed by atoms with Crippen LogP contribution >= 0.6 is 35.2 Å². The lowest BCUT2D eigenvalue weighted by atomic mass is 10.4. The van der Waals surface area contributed by atoms with Crippen LogP contribution in [0, 0.1) is 0 Å². The zero-order valence-corrected chi connectivity index (χ0v) is 12.0. The summed E-state index contributed by atoms with van der Waals surface area (Å²) in [6.45, 7) is 0.735. The van der Waals surface area contributed by atoms with Crippen LogP contribution in [0.4, 0.5) is 5.82 Å². The number of hydrogen-bond donors (Lipinski definition) is 1. The summed E-state index contributed by atoms with van der Waals surface area (Å²) in [4.78, 5) is 11.8. The monoisotopic (exact) mass is 298 g/mol. The second-order valence-electron chi connectivity index (χ2n) is 3.69. The number of anilines is 1. The summed E-state index contributed by atoms with van der Waals surface area (Å²) < 4.78 is 0.785. The molecule has 0 aliphatic rings. The molecule has 2 aromatic rings. The van der Waals surface area contributed by atoms with Crippen LogP contribution in [0.25, 0.3) is 0 Å². The summed E-state index contributed by atoms with van der Waals surface area (Å²) in [6.07, 6.45) is 3.24. The van der Waals surface area contributed by atoms with Crippen molar-refractivity contribution in [2.24, 2.45) is 5.73 Å². The summed E-state index contributed by atoms with van der Waals surface area (Å²) in [5, 5.41) is 0. The van der Waals surface area contributed by atoms with Crippen molar-refractivity contribution in [3.8, 4) is 0 Å². The second-order valence-corrected chi connectivity index (χ2v) is 5.93. The number of hydrogen-bond acceptors (Lipinski definition) is 5. The Morgan fingerprint density at radius 3 is 2.72 bits per heavy atom. The maximum atomic E-state index is 5.89. The van der Waals surface area contributed by atoms with Crippen LogP contribution in [0.1, 0.15) is 10.6 Å². The van der Waals surface area contributed by atoms with Crippen LogP contribution in [-0.2, 0) is 6.54 Å². The molecule has 0 aromatic carbocycles. The number of rotatable bonds is 4. The smallest absolute Gasteiger partial charge is 0.147 e. The van der Waals surface area contributed by atoms with Crippen molar-refractivity contribution in [2.45, 2.75) is 6.54 Å². The van der Waals surface area contributed by atoms with E-state index in [2.05, 4.69) is 9.97 Å². The van der Waals surface area contributed by atoms with E-state index in [1.165, 1.54) is 4.88 Å². The molecular formula is C11H11ClN4S2. The average Bonchev–Trinajstić information content (AvgIpc) is 2.75. The predicted molar refractivity (Wildman–Crippen MR) is 79.4 cm³/mol. The van der Waals surface area contributed by atoms with Crippen molar-refractivity contribution >= 4 is 46.0 Å². The summed E-state index contributed by atoms with van der Waals surface area (Å²) in [5.74, 6) is 0.763. The molecule has 0 amide bonds. The van der Waals surface area contributed by atoms with E-state index in [1.54, 1.807) is 23.7 Å². The molecular weight excluding hydrogens is 288 g/mol. The van der Waals surface area contributed by atoms with Gasteiger partial charge in [0.1, 0.15) is 16.5 Å². The van der Waals surface area contributed by atoms with E-state index in [0.29, 0.717) is 5.69 Å². The first-order valence-corrected chi connectivity index (χ1v) is 6.73. The molecule has 18 heavy (non-hydrogen) atoms. The highest BCUT2D eigenvalue weighted by Gasteiger charge is 2.07. The van der Waals surface area contributed by atoms with Crippen LogP contribution in [0.5, 0.6) is 0 Å². The largest absolute Gasteiger partial charge is 0.388 e. The Morgan fingerprint density at radius 2 is 2.22 bits per heavy atom. The Balaban J connectivity index is 2.09. The predicted octanol–water partition coefficient (Wildman–Crippen LogP) is 2.46. The van der Waals surface area contributed by atoms with Crippen LogP contribution in [0.15, 0.2) is 24.5 Å². The summed E-state index contributed by atoms with van der Waals surface area (Å²) in [5.41, 5.74) is 6.00. The lowest BCUT2D eigenvalue weighted by Crippen LogP contribution is -2.18. The van der Waals surface area contributed by atoms with Gasteiger partial charge in [0.15, 0.2) is 0 Å². The van der Waals surface area contributed by atoms with Gasteiger partial charge in [-0.1, -0.05) is 23.8 Å². The van der Waals surface area contributed by atoms with Gasteiger partial charge in [-0.25, -0.2) is 9.97 Å². The van der Waals surface area contributed by atoms with Crippen molar-refractivity contribution < 1.29 is 0 Å². The van der Waals surface area contributed by atoms with Gasteiger partial charge < -0.3 is 10.6 Å². The highest BCUT2D eigenvalue weighted by molar-refractivity contribution is 7.80. The van der Waals surface area contributed by atoms with E-state index < -0.39 is 0 Å². The first-order valence-electron chi connectivity index (χ1n) is 5.13. The molecule has 0 spiro atoms. The van der Waals surface area contributed by atoms with E-state index in [-0.39, 0.29) is 4.99 Å². The van der Waals surface area contributed by atoms with Gasteiger partial charge in [-0.3, -0.25) is 0 Å². The maximum Gasteiger partial charge on any atom is 0.147 e. The zero-order valence-electron chi connectivity index (χ0n) is 9.63. The quantitative estimate of drug-likeness (QED) is 0.879. The third kappa shape index (κ3) is 3.16. The highest BCUT2D eigenvalue weighted by atomic mass is 35.5. The maximum absolute atomic E-state index is 5.89. The molecule has 0 unspecified atom stereocenters. The Labute approximate surface area is 119 Å². The van der Waals surface area contributed by atoms with Gasteiger partial charge in [0.2, 0.25) is 0 Å². The molecule has 0 aliphatic heterocycles. The second kappa shape index (κ2) is 5.60. The van der Waals surface area contributed by atoms with Gasteiger partial charge in [-0.05, 0) is 12.1 Å². The molecule has 0 radical (unpaired) electrons. The number of nitrogens with zero attached hydrogens (tertiary/aromatic N) is 3. The summed E-state index contributed by atoms with van der Waals surface area (Å²) in [7, 11) is 1.94. The van der Waals surface area contributed by atoms with Crippen molar-refractivity contribution in [1.29, 1.82) is 0 Å².